The fraction of sp³-hybridized carbons (Fsp3) is 0.312. The fourth-order valence-corrected chi connectivity index (χ4v) is 2.52. The van der Waals surface area contributed by atoms with E-state index in [1.54, 1.807) is 12.1 Å². The van der Waals surface area contributed by atoms with Crippen LogP contribution in [-0.2, 0) is 4.74 Å². The summed E-state index contributed by atoms with van der Waals surface area (Å²) in [5.74, 6) is -0.366. The molecule has 8 heteroatoms. The quantitative estimate of drug-likeness (QED) is 0.867. The molecule has 1 atom stereocenters. The van der Waals surface area contributed by atoms with E-state index in [0.29, 0.717) is 18.1 Å². The molecule has 0 bridgehead atoms. The highest BCUT2D eigenvalue weighted by Crippen LogP contribution is 2.21. The zero-order chi connectivity index (χ0) is 16.9. The van der Waals surface area contributed by atoms with Crippen molar-refractivity contribution in [3.8, 4) is 0 Å². The molecule has 1 saturated heterocycles. The van der Waals surface area contributed by atoms with Gasteiger partial charge < -0.3 is 15.4 Å². The van der Waals surface area contributed by atoms with Crippen molar-refractivity contribution in [2.45, 2.75) is 18.9 Å². The Kier molecular flexibility index (Phi) is 5.22. The zero-order valence-electron chi connectivity index (χ0n) is 12.8. The van der Waals surface area contributed by atoms with E-state index in [9.17, 15) is 9.18 Å². The molecule has 2 N–H and O–H groups in total. The standard InChI is InChI=1S/C16H16ClFN4O2/c17-12-8-10(3-4-13(12)18)20-15-6-5-14(21-22-15)16(23)19-9-11-2-1-7-24-11/h3-6,8,11H,1-2,7,9H2,(H,19,23)(H,20,22). The molecule has 0 saturated carbocycles. The Morgan fingerprint density at radius 1 is 1.33 bits per heavy atom. The second kappa shape index (κ2) is 7.55. The molecule has 0 spiro atoms. The lowest BCUT2D eigenvalue weighted by Gasteiger charge is -2.10. The van der Waals surface area contributed by atoms with Crippen LogP contribution < -0.4 is 10.6 Å². The lowest BCUT2D eigenvalue weighted by Crippen LogP contribution is -2.32. The van der Waals surface area contributed by atoms with Crippen LogP contribution in [0.2, 0.25) is 5.02 Å². The van der Waals surface area contributed by atoms with Crippen molar-refractivity contribution in [2.24, 2.45) is 0 Å². The predicted octanol–water partition coefficient (Wildman–Crippen LogP) is 2.92. The van der Waals surface area contributed by atoms with Crippen LogP contribution >= 0.6 is 11.6 Å². The lowest BCUT2D eigenvalue weighted by atomic mass is 10.2. The first-order valence-electron chi connectivity index (χ1n) is 7.57. The monoisotopic (exact) mass is 350 g/mol. The largest absolute Gasteiger partial charge is 0.376 e. The number of nitrogens with zero attached hydrogens (tertiary/aromatic N) is 2. The Bertz CT molecular complexity index is 721. The Morgan fingerprint density at radius 3 is 2.88 bits per heavy atom. The molecule has 1 aromatic heterocycles. The number of ether oxygens (including phenoxy) is 1. The van der Waals surface area contributed by atoms with Gasteiger partial charge >= 0.3 is 0 Å². The van der Waals surface area contributed by atoms with E-state index < -0.39 is 5.82 Å². The van der Waals surface area contributed by atoms with E-state index in [4.69, 9.17) is 16.3 Å². The highest BCUT2D eigenvalue weighted by atomic mass is 35.5. The molecular formula is C16H16ClFN4O2. The fourth-order valence-electron chi connectivity index (χ4n) is 2.34. The normalized spacial score (nSPS) is 16.8. The number of carbonyl (C=O) groups excluding carboxylic acids is 1. The molecule has 2 heterocycles. The number of hydrogen-bond acceptors (Lipinski definition) is 5. The molecular weight excluding hydrogens is 335 g/mol. The third-order valence-corrected chi connectivity index (χ3v) is 3.89. The van der Waals surface area contributed by atoms with Gasteiger partial charge in [-0.15, -0.1) is 10.2 Å². The summed E-state index contributed by atoms with van der Waals surface area (Å²) in [4.78, 5) is 12.0. The minimum absolute atomic E-state index is 0.0121. The number of amides is 1. The molecule has 126 valence electrons. The second-order valence-corrected chi connectivity index (χ2v) is 5.81. The summed E-state index contributed by atoms with van der Waals surface area (Å²) in [6.07, 6.45) is 2.05. The minimum Gasteiger partial charge on any atom is -0.376 e. The molecule has 1 amide bonds. The number of benzene rings is 1. The van der Waals surface area contributed by atoms with E-state index in [1.807, 2.05) is 0 Å². The van der Waals surface area contributed by atoms with Crippen molar-refractivity contribution in [3.05, 3.63) is 46.9 Å². The molecule has 1 aliphatic rings. The first-order valence-corrected chi connectivity index (χ1v) is 7.95. The molecule has 1 aliphatic heterocycles. The van der Waals surface area contributed by atoms with Gasteiger partial charge in [0, 0.05) is 18.8 Å². The summed E-state index contributed by atoms with van der Waals surface area (Å²) < 4.78 is 18.6. The summed E-state index contributed by atoms with van der Waals surface area (Å²) in [6.45, 7) is 1.21. The molecule has 1 fully saturated rings. The third-order valence-electron chi connectivity index (χ3n) is 3.60. The van der Waals surface area contributed by atoms with Gasteiger partial charge in [-0.25, -0.2) is 4.39 Å². The van der Waals surface area contributed by atoms with E-state index in [1.165, 1.54) is 18.2 Å². The molecule has 0 aliphatic carbocycles. The second-order valence-electron chi connectivity index (χ2n) is 5.40. The third kappa shape index (κ3) is 4.18. The van der Waals surface area contributed by atoms with Gasteiger partial charge in [0.2, 0.25) is 0 Å². The van der Waals surface area contributed by atoms with Crippen molar-refractivity contribution in [1.29, 1.82) is 0 Å². The van der Waals surface area contributed by atoms with E-state index in [2.05, 4.69) is 20.8 Å². The summed E-state index contributed by atoms with van der Waals surface area (Å²) in [5, 5.41) is 13.6. The predicted molar refractivity (Wildman–Crippen MR) is 88.0 cm³/mol. The van der Waals surface area contributed by atoms with Gasteiger partial charge in [0.05, 0.1) is 11.1 Å². The summed E-state index contributed by atoms with van der Waals surface area (Å²) >= 11 is 5.72. The van der Waals surface area contributed by atoms with Gasteiger partial charge in [-0.05, 0) is 43.2 Å². The van der Waals surface area contributed by atoms with Crippen LogP contribution in [0.1, 0.15) is 23.3 Å². The van der Waals surface area contributed by atoms with Crippen molar-refractivity contribution < 1.29 is 13.9 Å². The van der Waals surface area contributed by atoms with Crippen LogP contribution in [0, 0.1) is 5.82 Å². The van der Waals surface area contributed by atoms with Gasteiger partial charge in [-0.1, -0.05) is 11.6 Å². The average Bonchev–Trinajstić information content (AvgIpc) is 3.10. The summed E-state index contributed by atoms with van der Waals surface area (Å²) in [5.41, 5.74) is 0.793. The molecule has 2 aromatic rings. The highest BCUT2D eigenvalue weighted by Gasteiger charge is 2.17. The first kappa shape index (κ1) is 16.6. The van der Waals surface area contributed by atoms with Crippen molar-refractivity contribution in [3.63, 3.8) is 0 Å². The first-order chi connectivity index (χ1) is 11.6. The maximum atomic E-state index is 13.1. The van der Waals surface area contributed by atoms with Crippen molar-refractivity contribution in [2.75, 3.05) is 18.5 Å². The molecule has 1 aromatic carbocycles. The molecule has 1 unspecified atom stereocenters. The maximum Gasteiger partial charge on any atom is 0.271 e. The number of halogens is 2. The number of carbonyl (C=O) groups is 1. The summed E-state index contributed by atoms with van der Waals surface area (Å²) in [6, 6.07) is 7.41. The van der Waals surface area contributed by atoms with Crippen LogP contribution in [0.3, 0.4) is 0 Å². The van der Waals surface area contributed by atoms with Gasteiger partial charge in [0.25, 0.3) is 5.91 Å². The minimum atomic E-state index is -0.494. The van der Waals surface area contributed by atoms with Crippen LogP contribution in [0.25, 0.3) is 0 Å². The van der Waals surface area contributed by atoms with Crippen LogP contribution in [0.5, 0.6) is 0 Å². The topological polar surface area (TPSA) is 76.1 Å². The zero-order valence-corrected chi connectivity index (χ0v) is 13.5. The van der Waals surface area contributed by atoms with Gasteiger partial charge in [0.1, 0.15) is 5.82 Å². The Balaban J connectivity index is 1.57. The average molecular weight is 351 g/mol. The van der Waals surface area contributed by atoms with Crippen LogP contribution in [-0.4, -0.2) is 35.4 Å². The SMILES string of the molecule is O=C(NCC1CCCO1)c1ccc(Nc2ccc(F)c(Cl)c2)nn1. The van der Waals surface area contributed by atoms with E-state index in [-0.39, 0.29) is 22.7 Å². The van der Waals surface area contributed by atoms with E-state index >= 15 is 0 Å². The Hall–Kier alpha value is -2.25. The number of rotatable bonds is 5. The molecule has 24 heavy (non-hydrogen) atoms. The van der Waals surface area contributed by atoms with Gasteiger partial charge in [0.15, 0.2) is 11.5 Å². The Labute approximate surface area is 143 Å². The van der Waals surface area contributed by atoms with Crippen LogP contribution in [0.4, 0.5) is 15.9 Å². The van der Waals surface area contributed by atoms with Gasteiger partial charge in [-0.3, -0.25) is 4.79 Å². The van der Waals surface area contributed by atoms with Crippen molar-refractivity contribution >= 4 is 29.0 Å². The molecule has 3 rings (SSSR count). The number of hydrogen-bond donors (Lipinski definition) is 2. The maximum absolute atomic E-state index is 13.1. The molecule has 6 nitrogen and oxygen atoms in total. The van der Waals surface area contributed by atoms with Crippen LogP contribution in [0.15, 0.2) is 30.3 Å². The smallest absolute Gasteiger partial charge is 0.271 e. The lowest BCUT2D eigenvalue weighted by molar-refractivity contribution is 0.0853. The Morgan fingerprint density at radius 2 is 2.21 bits per heavy atom. The number of nitrogens with one attached hydrogen (secondary N) is 2. The van der Waals surface area contributed by atoms with E-state index in [0.717, 1.165) is 19.4 Å². The highest BCUT2D eigenvalue weighted by molar-refractivity contribution is 6.31. The number of aromatic nitrogens is 2. The van der Waals surface area contributed by atoms with Crippen molar-refractivity contribution in [1.82, 2.24) is 15.5 Å². The number of anilines is 2. The summed E-state index contributed by atoms with van der Waals surface area (Å²) in [7, 11) is 0. The van der Waals surface area contributed by atoms with Gasteiger partial charge in [-0.2, -0.15) is 0 Å². The molecule has 0 radical (unpaired) electrons.